The molecule has 17 heavy (non-hydrogen) atoms. The van der Waals surface area contributed by atoms with Crippen molar-refractivity contribution < 1.29 is 4.74 Å². The summed E-state index contributed by atoms with van der Waals surface area (Å²) in [5.74, 6) is 0. The van der Waals surface area contributed by atoms with Crippen LogP contribution < -0.4 is 10.6 Å². The topological polar surface area (TPSA) is 62.3 Å². The number of nitrogens with two attached hydrogens (primary N) is 1. The van der Waals surface area contributed by atoms with E-state index in [0.29, 0.717) is 19.6 Å². The van der Waals surface area contributed by atoms with E-state index in [-0.39, 0.29) is 0 Å². The van der Waals surface area contributed by atoms with Gasteiger partial charge in [0, 0.05) is 29.5 Å². The van der Waals surface area contributed by atoms with Gasteiger partial charge >= 0.3 is 0 Å². The van der Waals surface area contributed by atoms with Crippen LogP contribution in [0.25, 0.3) is 0 Å². The van der Waals surface area contributed by atoms with Crippen molar-refractivity contribution in [2.24, 2.45) is 0 Å². The Labute approximate surface area is 115 Å². The first-order valence-corrected chi connectivity index (χ1v) is 6.42. The lowest BCUT2D eigenvalue weighted by atomic mass is 10.2. The van der Waals surface area contributed by atoms with E-state index in [2.05, 4.69) is 33.6 Å². The number of anilines is 2. The maximum atomic E-state index is 8.67. The monoisotopic (exact) mass is 345 g/mol. The fourth-order valence-electron chi connectivity index (χ4n) is 1.52. The molecule has 92 valence electrons. The van der Waals surface area contributed by atoms with Crippen molar-refractivity contribution in [3.63, 3.8) is 0 Å². The molecule has 0 fully saturated rings. The second-order valence-electron chi connectivity index (χ2n) is 3.60. The Kier molecular flexibility index (Phi) is 6.08. The lowest BCUT2D eigenvalue weighted by Gasteiger charge is -2.24. The number of nitrogen functional groups attached to an aromatic ring is 1. The molecule has 1 aromatic rings. The number of hydrogen-bond donors (Lipinski definition) is 1. The number of ether oxygens (including phenoxy) is 1. The van der Waals surface area contributed by atoms with Gasteiger partial charge in [-0.1, -0.05) is 0 Å². The first-order chi connectivity index (χ1) is 8.19. The van der Waals surface area contributed by atoms with E-state index in [4.69, 9.17) is 15.7 Å². The standard InChI is InChI=1S/C12H16IN3O/c1-17-8-7-16(6-2-5-14)12-4-3-10(15)9-11(12)13/h3-4,9H,2,6-8,15H2,1H3. The molecule has 2 N–H and O–H groups in total. The molecule has 0 saturated heterocycles. The van der Waals surface area contributed by atoms with Crippen LogP contribution in [-0.2, 0) is 4.74 Å². The van der Waals surface area contributed by atoms with Crippen LogP contribution >= 0.6 is 22.6 Å². The summed E-state index contributed by atoms with van der Waals surface area (Å²) in [6, 6.07) is 7.97. The lowest BCUT2D eigenvalue weighted by molar-refractivity contribution is 0.205. The van der Waals surface area contributed by atoms with Gasteiger partial charge in [-0.2, -0.15) is 5.26 Å². The van der Waals surface area contributed by atoms with Crippen LogP contribution in [0.5, 0.6) is 0 Å². The molecular weight excluding hydrogens is 329 g/mol. The van der Waals surface area contributed by atoms with E-state index in [1.54, 1.807) is 7.11 Å². The molecule has 0 atom stereocenters. The molecule has 0 bridgehead atoms. The molecule has 0 saturated carbocycles. The largest absolute Gasteiger partial charge is 0.399 e. The minimum Gasteiger partial charge on any atom is -0.399 e. The average molecular weight is 345 g/mol. The Hall–Kier alpha value is -1.00. The van der Waals surface area contributed by atoms with Gasteiger partial charge in [0.15, 0.2) is 0 Å². The highest BCUT2D eigenvalue weighted by Crippen LogP contribution is 2.24. The van der Waals surface area contributed by atoms with E-state index in [1.165, 1.54) is 0 Å². The molecule has 4 nitrogen and oxygen atoms in total. The third-order valence-corrected chi connectivity index (χ3v) is 3.24. The average Bonchev–Trinajstić information content (AvgIpc) is 2.30. The van der Waals surface area contributed by atoms with E-state index in [9.17, 15) is 0 Å². The van der Waals surface area contributed by atoms with Gasteiger partial charge in [0.05, 0.1) is 24.8 Å². The number of methoxy groups -OCH3 is 1. The van der Waals surface area contributed by atoms with Crippen molar-refractivity contribution in [1.29, 1.82) is 5.26 Å². The molecule has 0 spiro atoms. The maximum absolute atomic E-state index is 8.67. The van der Waals surface area contributed by atoms with Crippen molar-refractivity contribution in [3.05, 3.63) is 21.8 Å². The highest BCUT2D eigenvalue weighted by molar-refractivity contribution is 14.1. The van der Waals surface area contributed by atoms with Crippen molar-refractivity contribution >= 4 is 34.0 Å². The Morgan fingerprint density at radius 1 is 1.47 bits per heavy atom. The minimum absolute atomic E-state index is 0.504. The highest BCUT2D eigenvalue weighted by Gasteiger charge is 2.09. The number of nitriles is 1. The van der Waals surface area contributed by atoms with E-state index >= 15 is 0 Å². The Bertz CT molecular complexity index is 403. The minimum atomic E-state index is 0.504. The van der Waals surface area contributed by atoms with Gasteiger partial charge in [0.2, 0.25) is 0 Å². The summed E-state index contributed by atoms with van der Waals surface area (Å²) in [6.07, 6.45) is 0.504. The van der Waals surface area contributed by atoms with Crippen LogP contribution in [0.15, 0.2) is 18.2 Å². The van der Waals surface area contributed by atoms with Crippen molar-refractivity contribution in [3.8, 4) is 6.07 Å². The highest BCUT2D eigenvalue weighted by atomic mass is 127. The summed E-state index contributed by atoms with van der Waals surface area (Å²) >= 11 is 2.26. The molecule has 0 aliphatic heterocycles. The lowest BCUT2D eigenvalue weighted by Crippen LogP contribution is -2.28. The molecule has 0 aliphatic carbocycles. The zero-order valence-corrected chi connectivity index (χ0v) is 12.0. The van der Waals surface area contributed by atoms with Gasteiger partial charge in [0.25, 0.3) is 0 Å². The van der Waals surface area contributed by atoms with Crippen LogP contribution in [0.4, 0.5) is 11.4 Å². The summed E-state index contributed by atoms with van der Waals surface area (Å²) in [5.41, 5.74) is 7.59. The number of rotatable bonds is 6. The van der Waals surface area contributed by atoms with E-state index in [1.807, 2.05) is 18.2 Å². The van der Waals surface area contributed by atoms with Crippen LogP contribution in [-0.4, -0.2) is 26.8 Å². The fourth-order valence-corrected chi connectivity index (χ4v) is 2.40. The zero-order valence-electron chi connectivity index (χ0n) is 9.82. The molecule has 1 aromatic carbocycles. The summed E-state index contributed by atoms with van der Waals surface area (Å²) in [5, 5.41) is 8.67. The van der Waals surface area contributed by atoms with Gasteiger partial charge < -0.3 is 15.4 Å². The van der Waals surface area contributed by atoms with Gasteiger partial charge in [-0.25, -0.2) is 0 Å². The predicted octanol–water partition coefficient (Wildman–Crippen LogP) is 2.24. The molecule has 5 heteroatoms. The Morgan fingerprint density at radius 2 is 2.24 bits per heavy atom. The Morgan fingerprint density at radius 3 is 2.82 bits per heavy atom. The predicted molar refractivity (Wildman–Crippen MR) is 77.9 cm³/mol. The fraction of sp³-hybridized carbons (Fsp3) is 0.417. The van der Waals surface area contributed by atoms with Crippen molar-refractivity contribution in [2.45, 2.75) is 6.42 Å². The van der Waals surface area contributed by atoms with Gasteiger partial charge in [-0.05, 0) is 40.8 Å². The van der Waals surface area contributed by atoms with Crippen LogP contribution in [0.3, 0.4) is 0 Å². The quantitative estimate of drug-likeness (QED) is 0.635. The van der Waals surface area contributed by atoms with Crippen LogP contribution in [0, 0.1) is 14.9 Å². The molecular formula is C12H16IN3O. The van der Waals surface area contributed by atoms with E-state index < -0.39 is 0 Å². The van der Waals surface area contributed by atoms with Crippen LogP contribution in [0.1, 0.15) is 6.42 Å². The zero-order chi connectivity index (χ0) is 12.7. The van der Waals surface area contributed by atoms with Gasteiger partial charge in [0.1, 0.15) is 0 Å². The normalized spacial score (nSPS) is 9.94. The first kappa shape index (κ1) is 14.1. The third kappa shape index (κ3) is 4.40. The molecule has 0 heterocycles. The molecule has 0 aromatic heterocycles. The summed E-state index contributed by atoms with van der Waals surface area (Å²) in [7, 11) is 1.68. The van der Waals surface area contributed by atoms with Crippen LogP contribution in [0.2, 0.25) is 0 Å². The first-order valence-electron chi connectivity index (χ1n) is 5.35. The summed E-state index contributed by atoms with van der Waals surface area (Å²) < 4.78 is 6.18. The molecule has 0 amide bonds. The van der Waals surface area contributed by atoms with Gasteiger partial charge in [-0.15, -0.1) is 0 Å². The van der Waals surface area contributed by atoms with Gasteiger partial charge in [-0.3, -0.25) is 0 Å². The smallest absolute Gasteiger partial charge is 0.0640 e. The second-order valence-corrected chi connectivity index (χ2v) is 4.76. The van der Waals surface area contributed by atoms with Crippen molar-refractivity contribution in [1.82, 2.24) is 0 Å². The number of benzene rings is 1. The Balaban J connectivity index is 2.83. The number of halogens is 1. The summed E-state index contributed by atoms with van der Waals surface area (Å²) in [6.45, 7) is 2.13. The molecule has 0 aliphatic rings. The molecule has 0 radical (unpaired) electrons. The maximum Gasteiger partial charge on any atom is 0.0640 e. The third-order valence-electron chi connectivity index (χ3n) is 2.37. The summed E-state index contributed by atoms with van der Waals surface area (Å²) in [4.78, 5) is 2.15. The molecule has 1 rings (SSSR count). The number of hydrogen-bond acceptors (Lipinski definition) is 4. The molecule has 0 unspecified atom stereocenters. The van der Waals surface area contributed by atoms with E-state index in [0.717, 1.165) is 21.5 Å². The number of nitrogens with zero attached hydrogens (tertiary/aromatic N) is 2. The second kappa shape index (κ2) is 7.35. The van der Waals surface area contributed by atoms with Crippen molar-refractivity contribution in [2.75, 3.05) is 37.4 Å². The SMILES string of the molecule is COCCN(CCC#N)c1ccc(N)cc1I.